The number of hydrogen-bond acceptors (Lipinski definition) is 8. The molecule has 5 rings (SSSR count). The summed E-state index contributed by atoms with van der Waals surface area (Å²) >= 11 is 0. The minimum atomic E-state index is -0.905. The molecule has 2 fully saturated rings. The summed E-state index contributed by atoms with van der Waals surface area (Å²) in [5.74, 6) is 0.112. The number of halogens is 2. The Balaban J connectivity index is 1.35. The lowest BCUT2D eigenvalue weighted by Gasteiger charge is -2.50. The molecule has 2 aliphatic carbocycles. The van der Waals surface area contributed by atoms with Crippen molar-refractivity contribution in [1.82, 2.24) is 20.5 Å². The predicted octanol–water partition coefficient (Wildman–Crippen LogP) is 4.23. The Morgan fingerprint density at radius 1 is 1.26 bits per heavy atom. The van der Waals surface area contributed by atoms with E-state index in [1.54, 1.807) is 18.3 Å². The first-order valence-electron chi connectivity index (χ1n) is 11.9. The van der Waals surface area contributed by atoms with E-state index >= 15 is 4.39 Å². The molecule has 3 aliphatic rings. The molecule has 2 saturated carbocycles. The Kier molecular flexibility index (Phi) is 6.16. The number of fused-ring (bicyclic) bond motifs is 2. The summed E-state index contributed by atoms with van der Waals surface area (Å²) < 4.78 is 34.7. The van der Waals surface area contributed by atoms with Crippen molar-refractivity contribution in [3.63, 3.8) is 0 Å². The van der Waals surface area contributed by atoms with E-state index < -0.39 is 18.4 Å². The van der Waals surface area contributed by atoms with Crippen LogP contribution in [-0.4, -0.2) is 59.2 Å². The van der Waals surface area contributed by atoms with Gasteiger partial charge in [-0.3, -0.25) is 0 Å². The van der Waals surface area contributed by atoms with Gasteiger partial charge in [0, 0.05) is 19.7 Å². The highest BCUT2D eigenvalue weighted by Gasteiger charge is 2.47. The Morgan fingerprint density at radius 3 is 2.80 bits per heavy atom. The maximum atomic E-state index is 15.3. The Hall–Kier alpha value is -3.14. The van der Waals surface area contributed by atoms with Crippen molar-refractivity contribution >= 4 is 17.7 Å². The van der Waals surface area contributed by atoms with Crippen LogP contribution < -0.4 is 10.2 Å². The number of methoxy groups -OCH3 is 1. The molecule has 186 valence electrons. The van der Waals surface area contributed by atoms with Crippen LogP contribution in [0.2, 0.25) is 0 Å². The summed E-state index contributed by atoms with van der Waals surface area (Å²) in [4.78, 5) is 10.1. The number of hydrogen-bond donors (Lipinski definition) is 2. The second kappa shape index (κ2) is 9.14. The van der Waals surface area contributed by atoms with Gasteiger partial charge in [0.2, 0.25) is 6.35 Å². The summed E-state index contributed by atoms with van der Waals surface area (Å²) in [7, 11) is 3.30. The van der Waals surface area contributed by atoms with Gasteiger partial charge in [0.15, 0.2) is 17.5 Å². The van der Waals surface area contributed by atoms with Crippen molar-refractivity contribution in [2.45, 2.75) is 57.6 Å². The molecule has 0 amide bonds. The summed E-state index contributed by atoms with van der Waals surface area (Å²) in [6, 6.07) is 4.39. The quantitative estimate of drug-likeness (QED) is 0.656. The lowest BCUT2D eigenvalue weighted by atomic mass is 9.60. The van der Waals surface area contributed by atoms with Gasteiger partial charge in [-0.25, -0.2) is 18.8 Å². The first-order valence-corrected chi connectivity index (χ1v) is 11.9. The van der Waals surface area contributed by atoms with Gasteiger partial charge >= 0.3 is 0 Å². The zero-order valence-corrected chi connectivity index (χ0v) is 20.1. The first kappa shape index (κ1) is 23.6. The van der Waals surface area contributed by atoms with Crippen LogP contribution in [0.4, 0.5) is 14.6 Å². The van der Waals surface area contributed by atoms with Gasteiger partial charge in [-0.1, -0.05) is 19.4 Å². The number of anilines is 1. The zero-order valence-electron chi connectivity index (χ0n) is 20.1. The largest absolute Gasteiger partial charge is 0.507 e. The molecule has 1 aliphatic heterocycles. The van der Waals surface area contributed by atoms with E-state index in [4.69, 9.17) is 4.74 Å². The monoisotopic (exact) mass is 484 g/mol. The lowest BCUT2D eigenvalue weighted by Crippen LogP contribution is -2.52. The number of rotatable bonds is 5. The van der Waals surface area contributed by atoms with E-state index in [9.17, 15) is 9.50 Å². The van der Waals surface area contributed by atoms with E-state index in [0.29, 0.717) is 16.9 Å². The van der Waals surface area contributed by atoms with Gasteiger partial charge in [-0.15, -0.1) is 10.2 Å². The van der Waals surface area contributed by atoms with Crippen LogP contribution in [0.5, 0.6) is 5.75 Å². The highest BCUT2D eigenvalue weighted by atomic mass is 19.1. The van der Waals surface area contributed by atoms with Crippen molar-refractivity contribution < 1.29 is 18.6 Å². The average Bonchev–Trinajstić information content (AvgIpc) is 2.86. The Bertz CT molecular complexity index is 1160. The number of ether oxygens (including phenoxy) is 1. The normalized spacial score (nSPS) is 30.2. The number of aromatic nitrogens is 3. The van der Waals surface area contributed by atoms with Crippen LogP contribution in [0.25, 0.3) is 17.1 Å². The number of phenolic OH excluding ortho intramolecular Hbond substituents is 1. The van der Waals surface area contributed by atoms with Gasteiger partial charge in [0.05, 0.1) is 29.7 Å². The van der Waals surface area contributed by atoms with Crippen molar-refractivity contribution in [2.75, 3.05) is 19.1 Å². The minimum absolute atomic E-state index is 0.0923. The predicted molar refractivity (Wildman–Crippen MR) is 129 cm³/mol. The summed E-state index contributed by atoms with van der Waals surface area (Å²) in [5, 5.41) is 21.9. The van der Waals surface area contributed by atoms with Gasteiger partial charge in [-0.05, 0) is 49.1 Å². The SMILES string of the molecule is COC1N=CC(F)=C(c2ccc(-c3ncc(N(C)[C@@H]4C[C@@]5(C)CCC[C@H](C5)[C@@H]4F)nn3)c(O)c2)N1. The van der Waals surface area contributed by atoms with Gasteiger partial charge in [0.1, 0.15) is 11.9 Å². The minimum Gasteiger partial charge on any atom is -0.507 e. The number of phenols is 1. The molecular formula is C25H30F2N6O2. The van der Waals surface area contributed by atoms with Crippen LogP contribution in [0.15, 0.2) is 35.2 Å². The molecule has 1 aromatic heterocycles. The van der Waals surface area contributed by atoms with Crippen molar-refractivity contribution in [3.8, 4) is 17.1 Å². The second-order valence-electron chi connectivity index (χ2n) is 10.1. The third kappa shape index (κ3) is 4.47. The number of aliphatic imine (C=N–C) groups is 1. The van der Waals surface area contributed by atoms with E-state index in [1.165, 1.54) is 13.2 Å². The maximum Gasteiger partial charge on any atom is 0.225 e. The Morgan fingerprint density at radius 2 is 2.09 bits per heavy atom. The van der Waals surface area contributed by atoms with E-state index in [-0.39, 0.29) is 34.6 Å². The molecule has 8 nitrogen and oxygen atoms in total. The van der Waals surface area contributed by atoms with Gasteiger partial charge in [0.25, 0.3) is 0 Å². The van der Waals surface area contributed by atoms with Crippen LogP contribution in [-0.2, 0) is 4.74 Å². The summed E-state index contributed by atoms with van der Waals surface area (Å²) in [6.07, 6.45) is 5.91. The molecule has 1 unspecified atom stereocenters. The standard InChI is InChI=1S/C25H30F2N6O2/c1-25-8-4-5-15(10-25)21(27)18(11-25)33(2)20-13-28-23(32-31-20)16-7-6-14(9-19(16)34)22-17(26)12-29-24(30-22)35-3/h6-7,9,12-13,15,18,21,24,30,34H,4-5,8,10-11H2,1-3H3/t15-,18-,21+,24?,25+/m1/s1. The lowest BCUT2D eigenvalue weighted by molar-refractivity contribution is 0.0113. The molecule has 5 atom stereocenters. The smallest absolute Gasteiger partial charge is 0.225 e. The van der Waals surface area contributed by atoms with Crippen LogP contribution >= 0.6 is 0 Å². The van der Waals surface area contributed by atoms with Gasteiger partial charge < -0.3 is 20.1 Å². The van der Waals surface area contributed by atoms with E-state index in [2.05, 4.69) is 32.4 Å². The summed E-state index contributed by atoms with van der Waals surface area (Å²) in [5.41, 5.74) is 1.10. The molecule has 2 heterocycles. The number of nitrogens with zero attached hydrogens (tertiary/aromatic N) is 5. The van der Waals surface area contributed by atoms with Crippen LogP contribution in [0.1, 0.15) is 44.6 Å². The molecule has 0 saturated heterocycles. The second-order valence-corrected chi connectivity index (χ2v) is 10.1. The molecule has 2 N–H and O–H groups in total. The molecular weight excluding hydrogens is 454 g/mol. The van der Waals surface area contributed by atoms with Crippen LogP contribution in [0, 0.1) is 11.3 Å². The van der Waals surface area contributed by atoms with E-state index in [0.717, 1.165) is 38.3 Å². The van der Waals surface area contributed by atoms with E-state index in [1.807, 2.05) is 11.9 Å². The number of alkyl halides is 1. The highest BCUT2D eigenvalue weighted by molar-refractivity contribution is 5.90. The number of allylic oxidation sites excluding steroid dienone is 1. The third-order valence-corrected chi connectivity index (χ3v) is 7.62. The molecule has 0 radical (unpaired) electrons. The molecule has 2 aromatic rings. The molecule has 10 heteroatoms. The maximum absolute atomic E-state index is 15.3. The fraction of sp³-hybridized carbons (Fsp3) is 0.520. The fourth-order valence-corrected chi connectivity index (χ4v) is 5.74. The average molecular weight is 485 g/mol. The zero-order chi connectivity index (χ0) is 24.7. The van der Waals surface area contributed by atoms with Gasteiger partial charge in [-0.2, -0.15) is 0 Å². The molecule has 2 bridgehead atoms. The van der Waals surface area contributed by atoms with Crippen molar-refractivity contribution in [1.29, 1.82) is 0 Å². The van der Waals surface area contributed by atoms with Crippen LogP contribution in [0.3, 0.4) is 0 Å². The Labute approximate surface area is 203 Å². The van der Waals surface area contributed by atoms with Crippen molar-refractivity contribution in [3.05, 3.63) is 35.8 Å². The number of aromatic hydroxyl groups is 1. The fourth-order valence-electron chi connectivity index (χ4n) is 5.74. The summed E-state index contributed by atoms with van der Waals surface area (Å²) in [6.45, 7) is 2.26. The topological polar surface area (TPSA) is 95.8 Å². The molecule has 1 aromatic carbocycles. The van der Waals surface area contributed by atoms with Crippen molar-refractivity contribution in [2.24, 2.45) is 16.3 Å². The third-order valence-electron chi connectivity index (χ3n) is 7.62. The highest BCUT2D eigenvalue weighted by Crippen LogP contribution is 2.50. The number of benzene rings is 1. The first-order chi connectivity index (χ1) is 16.8. The molecule has 0 spiro atoms. The number of nitrogens with one attached hydrogen (secondary N) is 1. The molecule has 35 heavy (non-hydrogen) atoms.